The molecule has 5 nitrogen and oxygen atoms in total. The number of furan rings is 1. The fourth-order valence-corrected chi connectivity index (χ4v) is 1.90. The lowest BCUT2D eigenvalue weighted by atomic mass is 10.1. The number of carbonyl (C=O) groups is 2. The van der Waals surface area contributed by atoms with E-state index in [1.165, 1.54) is 25.3 Å². The van der Waals surface area contributed by atoms with Crippen molar-refractivity contribution in [2.45, 2.75) is 6.92 Å². The van der Waals surface area contributed by atoms with Crippen molar-refractivity contribution in [3.63, 3.8) is 0 Å². The lowest BCUT2D eigenvalue weighted by molar-refractivity contribution is -0.131. The van der Waals surface area contributed by atoms with Crippen molar-refractivity contribution in [2.75, 3.05) is 0 Å². The highest BCUT2D eigenvalue weighted by Crippen LogP contribution is 2.34. The number of allylic oxidation sites excluding steroid dienone is 1. The molecule has 0 N–H and O–H groups in total. The van der Waals surface area contributed by atoms with E-state index in [0.717, 1.165) is 0 Å². The third-order valence-corrected chi connectivity index (χ3v) is 2.72. The number of fused-ring (bicyclic) bond motifs is 1. The number of hydrogen-bond donors (Lipinski definition) is 0. The van der Waals surface area contributed by atoms with Crippen molar-refractivity contribution in [1.82, 2.24) is 0 Å². The fourth-order valence-electron chi connectivity index (χ4n) is 1.90. The predicted molar refractivity (Wildman–Crippen MR) is 69.4 cm³/mol. The topological polar surface area (TPSA) is 65.7 Å². The number of esters is 1. The lowest BCUT2D eigenvalue weighted by Gasteiger charge is -2.02. The zero-order chi connectivity index (χ0) is 14.1. The first kappa shape index (κ1) is 12.2. The summed E-state index contributed by atoms with van der Waals surface area (Å²) in [6.45, 7) is 1.31. The van der Waals surface area contributed by atoms with Gasteiger partial charge >= 0.3 is 5.97 Å². The van der Waals surface area contributed by atoms with Crippen LogP contribution in [0.3, 0.4) is 0 Å². The number of hydrogen-bond acceptors (Lipinski definition) is 5. The molecular weight excluding hydrogens is 260 g/mol. The van der Waals surface area contributed by atoms with Crippen molar-refractivity contribution in [1.29, 1.82) is 0 Å². The summed E-state index contributed by atoms with van der Waals surface area (Å²) in [5, 5.41) is 0. The average molecular weight is 270 g/mol. The van der Waals surface area contributed by atoms with Gasteiger partial charge < -0.3 is 13.9 Å². The number of ketones is 1. The maximum absolute atomic E-state index is 12.1. The Balaban J connectivity index is 1.92. The second-order valence-electron chi connectivity index (χ2n) is 4.21. The Bertz CT molecular complexity index is 710. The van der Waals surface area contributed by atoms with Crippen LogP contribution in [0, 0.1) is 0 Å². The number of Topliss-reactive ketones (excluding diaryl/α,β-unsaturated/α-hetero) is 1. The molecule has 0 amide bonds. The van der Waals surface area contributed by atoms with Gasteiger partial charge in [0.05, 0.1) is 11.8 Å². The minimum atomic E-state index is -0.430. The molecule has 0 fully saturated rings. The molecule has 5 heteroatoms. The molecule has 100 valence electrons. The number of benzene rings is 1. The zero-order valence-electron chi connectivity index (χ0n) is 10.6. The maximum atomic E-state index is 12.1. The van der Waals surface area contributed by atoms with E-state index in [2.05, 4.69) is 0 Å². The highest BCUT2D eigenvalue weighted by molar-refractivity contribution is 6.14. The second kappa shape index (κ2) is 4.70. The van der Waals surface area contributed by atoms with Gasteiger partial charge in [0.1, 0.15) is 17.3 Å². The minimum absolute atomic E-state index is 0.176. The average Bonchev–Trinajstić information content (AvgIpc) is 2.99. The molecule has 1 aromatic carbocycles. The Morgan fingerprint density at radius 2 is 2.15 bits per heavy atom. The van der Waals surface area contributed by atoms with E-state index >= 15 is 0 Å². The van der Waals surface area contributed by atoms with Crippen LogP contribution in [0.2, 0.25) is 0 Å². The van der Waals surface area contributed by atoms with Gasteiger partial charge in [-0.2, -0.15) is 0 Å². The van der Waals surface area contributed by atoms with Crippen LogP contribution in [0.25, 0.3) is 6.08 Å². The van der Waals surface area contributed by atoms with E-state index < -0.39 is 5.97 Å². The third-order valence-electron chi connectivity index (χ3n) is 2.72. The Morgan fingerprint density at radius 3 is 2.85 bits per heavy atom. The van der Waals surface area contributed by atoms with Gasteiger partial charge in [-0.25, -0.2) is 0 Å². The number of ether oxygens (including phenoxy) is 2. The first-order valence-electron chi connectivity index (χ1n) is 5.94. The Hall–Kier alpha value is -2.82. The lowest BCUT2D eigenvalue weighted by Crippen LogP contribution is -2.01. The van der Waals surface area contributed by atoms with E-state index in [4.69, 9.17) is 13.9 Å². The minimum Gasteiger partial charge on any atom is -0.465 e. The molecule has 1 aliphatic rings. The molecule has 20 heavy (non-hydrogen) atoms. The molecule has 2 aromatic rings. The van der Waals surface area contributed by atoms with Crippen LogP contribution in [-0.4, -0.2) is 11.8 Å². The van der Waals surface area contributed by atoms with Crippen LogP contribution in [0.5, 0.6) is 11.5 Å². The largest absolute Gasteiger partial charge is 0.465 e. The molecule has 1 aliphatic heterocycles. The quantitative estimate of drug-likeness (QED) is 0.477. The van der Waals surface area contributed by atoms with Crippen molar-refractivity contribution < 1.29 is 23.5 Å². The van der Waals surface area contributed by atoms with E-state index in [-0.39, 0.29) is 11.5 Å². The van der Waals surface area contributed by atoms with E-state index in [1.54, 1.807) is 24.3 Å². The SMILES string of the molecule is CC(=O)Oc1ccc2c(c1)O/C(=C\c1ccco1)C2=O. The van der Waals surface area contributed by atoms with Gasteiger partial charge in [-0.3, -0.25) is 9.59 Å². The van der Waals surface area contributed by atoms with Crippen LogP contribution in [-0.2, 0) is 4.79 Å². The smallest absolute Gasteiger partial charge is 0.308 e. The normalized spacial score (nSPS) is 15.1. The molecule has 0 radical (unpaired) electrons. The predicted octanol–water partition coefficient (Wildman–Crippen LogP) is 2.82. The standard InChI is InChI=1S/C15H10O5/c1-9(16)19-11-4-5-12-13(8-11)20-14(15(12)17)7-10-3-2-6-18-10/h2-8H,1H3/b14-7-. The highest BCUT2D eigenvalue weighted by Gasteiger charge is 2.28. The summed E-state index contributed by atoms with van der Waals surface area (Å²) in [6, 6.07) is 8.07. The summed E-state index contributed by atoms with van der Waals surface area (Å²) in [4.78, 5) is 23.0. The zero-order valence-corrected chi connectivity index (χ0v) is 10.6. The van der Waals surface area contributed by atoms with Gasteiger partial charge in [-0.1, -0.05) is 0 Å². The third kappa shape index (κ3) is 2.21. The molecule has 0 saturated carbocycles. The van der Waals surface area contributed by atoms with Crippen LogP contribution in [0.4, 0.5) is 0 Å². The molecule has 0 aliphatic carbocycles. The number of rotatable bonds is 2. The van der Waals surface area contributed by atoms with Gasteiger partial charge in [-0.15, -0.1) is 0 Å². The van der Waals surface area contributed by atoms with Crippen LogP contribution in [0.1, 0.15) is 23.0 Å². The van der Waals surface area contributed by atoms with Crippen LogP contribution in [0.15, 0.2) is 46.8 Å². The molecule has 0 saturated heterocycles. The molecule has 0 atom stereocenters. The van der Waals surface area contributed by atoms with Gasteiger partial charge in [-0.05, 0) is 24.3 Å². The molecule has 3 rings (SSSR count). The summed E-state index contributed by atoms with van der Waals surface area (Å²) in [7, 11) is 0. The summed E-state index contributed by atoms with van der Waals surface area (Å²) in [5.41, 5.74) is 0.429. The van der Waals surface area contributed by atoms with Crippen LogP contribution >= 0.6 is 0 Å². The Kier molecular flexibility index (Phi) is 2.87. The van der Waals surface area contributed by atoms with Gasteiger partial charge in [0.15, 0.2) is 5.76 Å². The summed E-state index contributed by atoms with van der Waals surface area (Å²) >= 11 is 0. The molecule has 0 bridgehead atoms. The van der Waals surface area contributed by atoms with Gasteiger partial charge in [0.2, 0.25) is 5.78 Å². The Morgan fingerprint density at radius 1 is 1.30 bits per heavy atom. The maximum Gasteiger partial charge on any atom is 0.308 e. The fraction of sp³-hybridized carbons (Fsp3) is 0.0667. The highest BCUT2D eigenvalue weighted by atomic mass is 16.5. The van der Waals surface area contributed by atoms with Crippen molar-refractivity contribution in [3.8, 4) is 11.5 Å². The number of carbonyl (C=O) groups excluding carboxylic acids is 2. The molecule has 2 heterocycles. The van der Waals surface area contributed by atoms with E-state index in [9.17, 15) is 9.59 Å². The molecular formula is C15H10O5. The van der Waals surface area contributed by atoms with E-state index in [0.29, 0.717) is 22.8 Å². The van der Waals surface area contributed by atoms with Gasteiger partial charge in [0, 0.05) is 19.1 Å². The Labute approximate surface area is 114 Å². The van der Waals surface area contributed by atoms with E-state index in [1.807, 2.05) is 0 Å². The summed E-state index contributed by atoms with van der Waals surface area (Å²) < 4.78 is 15.6. The van der Waals surface area contributed by atoms with Crippen molar-refractivity contribution in [2.24, 2.45) is 0 Å². The molecule has 1 aromatic heterocycles. The summed E-state index contributed by atoms with van der Waals surface area (Å²) in [6.07, 6.45) is 3.03. The second-order valence-corrected chi connectivity index (χ2v) is 4.21. The first-order chi connectivity index (χ1) is 9.63. The summed E-state index contributed by atoms with van der Waals surface area (Å²) in [5.74, 6) is 0.748. The van der Waals surface area contributed by atoms with Crippen molar-refractivity contribution >= 4 is 17.8 Å². The monoisotopic (exact) mass is 270 g/mol. The van der Waals surface area contributed by atoms with Crippen molar-refractivity contribution in [3.05, 3.63) is 53.7 Å². The first-order valence-corrected chi connectivity index (χ1v) is 5.94. The van der Waals surface area contributed by atoms with Crippen LogP contribution < -0.4 is 9.47 Å². The molecule has 0 unspecified atom stereocenters. The molecule has 0 spiro atoms. The van der Waals surface area contributed by atoms with Gasteiger partial charge in [0.25, 0.3) is 0 Å².